The maximum absolute atomic E-state index is 12.5. The molecule has 11 heteroatoms. The Balaban J connectivity index is 1.47. The number of aromatic nitrogens is 5. The molecule has 11 nitrogen and oxygen atoms in total. The summed E-state index contributed by atoms with van der Waals surface area (Å²) in [5.41, 5.74) is 9.33. The number of nitrogens with one attached hydrogen (secondary N) is 2. The molecule has 0 aliphatic carbocycles. The Morgan fingerprint density at radius 1 is 1.11 bits per heavy atom. The van der Waals surface area contributed by atoms with Crippen LogP contribution in [0.4, 0.5) is 23.0 Å². The van der Waals surface area contributed by atoms with Gasteiger partial charge in [0.2, 0.25) is 11.9 Å². The summed E-state index contributed by atoms with van der Waals surface area (Å²) in [6, 6.07) is 10.3. The molecule has 2 aromatic carbocycles. The van der Waals surface area contributed by atoms with Gasteiger partial charge in [-0.3, -0.25) is 9.48 Å². The molecule has 1 amide bonds. The number of anilines is 4. The fourth-order valence-electron chi connectivity index (χ4n) is 6.18. The molecule has 46 heavy (non-hydrogen) atoms. The van der Waals surface area contributed by atoms with Gasteiger partial charge < -0.3 is 29.7 Å². The van der Waals surface area contributed by atoms with Crippen LogP contribution in [0.15, 0.2) is 61.6 Å². The summed E-state index contributed by atoms with van der Waals surface area (Å²) >= 11 is 0. The van der Waals surface area contributed by atoms with E-state index in [4.69, 9.17) is 14.7 Å². The minimum Gasteiger partial charge on any atom is -0.494 e. The average molecular weight is 620 g/mol. The summed E-state index contributed by atoms with van der Waals surface area (Å²) in [5.74, 6) is 0.689. The second kappa shape index (κ2) is 12.7. The van der Waals surface area contributed by atoms with Gasteiger partial charge in [-0.1, -0.05) is 24.8 Å². The van der Waals surface area contributed by atoms with E-state index in [1.807, 2.05) is 64.3 Å². The Morgan fingerprint density at radius 2 is 1.93 bits per heavy atom. The van der Waals surface area contributed by atoms with Crippen LogP contribution in [0.3, 0.4) is 0 Å². The smallest absolute Gasteiger partial charge is 0.247 e. The molecule has 6 rings (SSSR count). The highest BCUT2D eigenvalue weighted by molar-refractivity contribution is 6.03. The Hall–Kier alpha value is -5.16. The van der Waals surface area contributed by atoms with Crippen molar-refractivity contribution >= 4 is 39.8 Å². The van der Waals surface area contributed by atoms with Gasteiger partial charge in [-0.25, -0.2) is 9.97 Å². The molecule has 3 aromatic heterocycles. The fourth-order valence-corrected chi connectivity index (χ4v) is 6.18. The molecule has 238 valence electrons. The number of benzene rings is 2. The molecule has 0 unspecified atom stereocenters. The Bertz CT molecular complexity index is 1940. The average Bonchev–Trinajstić information content (AvgIpc) is 3.59. The molecule has 0 atom stereocenters. The molecular formula is C35H41N9O2. The van der Waals surface area contributed by atoms with E-state index in [2.05, 4.69) is 61.1 Å². The third kappa shape index (κ3) is 5.93. The second-order valence-corrected chi connectivity index (χ2v) is 12.0. The normalized spacial score (nSPS) is 12.4. The highest BCUT2D eigenvalue weighted by Gasteiger charge is 2.23. The maximum Gasteiger partial charge on any atom is 0.247 e. The highest BCUT2D eigenvalue weighted by Crippen LogP contribution is 2.41. The van der Waals surface area contributed by atoms with Gasteiger partial charge in [-0.05, 0) is 51.6 Å². The number of hydrogen-bond donors (Lipinski definition) is 2. The van der Waals surface area contributed by atoms with Crippen LogP contribution in [0, 0.1) is 6.92 Å². The van der Waals surface area contributed by atoms with Gasteiger partial charge in [0.05, 0.1) is 41.1 Å². The van der Waals surface area contributed by atoms with Gasteiger partial charge in [0.1, 0.15) is 5.75 Å². The zero-order valence-corrected chi connectivity index (χ0v) is 27.4. The van der Waals surface area contributed by atoms with Crippen LogP contribution in [-0.2, 0) is 24.8 Å². The van der Waals surface area contributed by atoms with Crippen molar-refractivity contribution in [2.75, 3.05) is 56.9 Å². The van der Waals surface area contributed by atoms with Gasteiger partial charge >= 0.3 is 0 Å². The number of amides is 1. The number of carbonyl (C=O) groups is 1. The van der Waals surface area contributed by atoms with Crippen molar-refractivity contribution in [3.63, 3.8) is 0 Å². The molecule has 4 heterocycles. The highest BCUT2D eigenvalue weighted by atomic mass is 16.5. The van der Waals surface area contributed by atoms with Gasteiger partial charge in [-0.2, -0.15) is 5.10 Å². The quantitative estimate of drug-likeness (QED) is 0.184. The molecule has 0 radical (unpaired) electrons. The van der Waals surface area contributed by atoms with E-state index in [0.29, 0.717) is 23.1 Å². The Morgan fingerprint density at radius 3 is 2.65 bits per heavy atom. The van der Waals surface area contributed by atoms with E-state index in [-0.39, 0.29) is 5.91 Å². The Labute approximate surface area is 269 Å². The molecule has 2 N–H and O–H groups in total. The minimum absolute atomic E-state index is 0.304. The first-order valence-electron chi connectivity index (χ1n) is 15.4. The van der Waals surface area contributed by atoms with Crippen LogP contribution < -0.4 is 20.3 Å². The van der Waals surface area contributed by atoms with Crippen LogP contribution in [-0.4, -0.2) is 76.5 Å². The maximum atomic E-state index is 12.5. The standard InChI is InChI=1S/C35H41N9O2/c1-8-32(45)37-28-17-29(31(46-7)18-30(28)42(5)16-15-41(3)4)38-35-36-19-25(26-20-43(6)40-22(26)2)33(39-35)27-21-44-14-10-12-23-11-9-13-24(27)34(23)44/h8-9,11,13,17-21H,1,10,12,14-16H2,2-7H3,(H,37,45)(H,36,38,39). The first-order chi connectivity index (χ1) is 22.2. The largest absolute Gasteiger partial charge is 0.494 e. The van der Waals surface area contributed by atoms with Gasteiger partial charge in [0, 0.05) is 80.5 Å². The first-order valence-corrected chi connectivity index (χ1v) is 15.4. The van der Waals surface area contributed by atoms with Crippen molar-refractivity contribution in [3.05, 3.63) is 72.8 Å². The molecule has 0 saturated heterocycles. The van der Waals surface area contributed by atoms with Gasteiger partial charge in [0.25, 0.3) is 0 Å². The SMILES string of the molecule is C=CC(=O)Nc1cc(Nc2ncc(-c3cn(C)nc3C)c(-c3cn4c5c(cccc35)CCC4)n2)c(OC)cc1N(C)CCN(C)C. The minimum atomic E-state index is -0.304. The van der Waals surface area contributed by atoms with Crippen LogP contribution >= 0.6 is 0 Å². The van der Waals surface area contributed by atoms with E-state index >= 15 is 0 Å². The number of likely N-dealkylation sites (N-methyl/N-ethyl adjacent to an activating group) is 2. The lowest BCUT2D eigenvalue weighted by atomic mass is 9.98. The monoisotopic (exact) mass is 619 g/mol. The molecule has 0 saturated carbocycles. The first kappa shape index (κ1) is 30.8. The zero-order chi connectivity index (χ0) is 32.5. The summed E-state index contributed by atoms with van der Waals surface area (Å²) in [6.45, 7) is 8.19. The number of nitrogens with zero attached hydrogens (tertiary/aromatic N) is 7. The summed E-state index contributed by atoms with van der Waals surface area (Å²) in [4.78, 5) is 26.6. The lowest BCUT2D eigenvalue weighted by molar-refractivity contribution is -0.111. The van der Waals surface area contributed by atoms with E-state index in [1.54, 1.807) is 7.11 Å². The summed E-state index contributed by atoms with van der Waals surface area (Å²) < 4.78 is 10.0. The van der Waals surface area contributed by atoms with E-state index < -0.39 is 0 Å². The fraction of sp³-hybridized carbons (Fsp3) is 0.314. The van der Waals surface area contributed by atoms with Crippen LogP contribution in [0.1, 0.15) is 17.7 Å². The number of para-hydroxylation sites is 1. The lowest BCUT2D eigenvalue weighted by Gasteiger charge is -2.26. The predicted molar refractivity (Wildman–Crippen MR) is 185 cm³/mol. The summed E-state index contributed by atoms with van der Waals surface area (Å²) in [7, 11) is 9.59. The van der Waals surface area contributed by atoms with Crippen molar-refractivity contribution in [3.8, 4) is 28.1 Å². The van der Waals surface area contributed by atoms with Crippen LogP contribution in [0.25, 0.3) is 33.3 Å². The predicted octanol–water partition coefficient (Wildman–Crippen LogP) is 5.63. The molecule has 0 spiro atoms. The van der Waals surface area contributed by atoms with Crippen molar-refractivity contribution in [2.45, 2.75) is 26.3 Å². The Kier molecular flexibility index (Phi) is 8.50. The topological polar surface area (TPSA) is 105 Å². The third-order valence-corrected chi connectivity index (χ3v) is 8.48. The van der Waals surface area contributed by atoms with Gasteiger partial charge in [0.15, 0.2) is 0 Å². The number of carbonyl (C=O) groups excluding carboxylic acids is 1. The van der Waals surface area contributed by atoms with Crippen LogP contribution in [0.2, 0.25) is 0 Å². The van der Waals surface area contributed by atoms with Crippen molar-refractivity contribution < 1.29 is 9.53 Å². The number of ether oxygens (including phenoxy) is 1. The van der Waals surface area contributed by atoms with E-state index in [0.717, 1.165) is 66.2 Å². The number of methoxy groups -OCH3 is 1. The lowest BCUT2D eigenvalue weighted by Crippen LogP contribution is -2.29. The third-order valence-electron chi connectivity index (χ3n) is 8.48. The molecule has 0 fully saturated rings. The molecule has 1 aliphatic rings. The van der Waals surface area contributed by atoms with E-state index in [1.165, 1.54) is 22.5 Å². The van der Waals surface area contributed by atoms with Crippen molar-refractivity contribution in [1.29, 1.82) is 0 Å². The summed E-state index contributed by atoms with van der Waals surface area (Å²) in [5, 5.41) is 12.1. The number of hydrogen-bond acceptors (Lipinski definition) is 8. The van der Waals surface area contributed by atoms with Gasteiger partial charge in [-0.15, -0.1) is 0 Å². The summed E-state index contributed by atoms with van der Waals surface area (Å²) in [6.07, 6.45) is 9.52. The molecule has 1 aliphatic heterocycles. The number of aryl methyl sites for hydroxylation is 4. The zero-order valence-electron chi connectivity index (χ0n) is 27.4. The van der Waals surface area contributed by atoms with Crippen molar-refractivity contribution in [2.24, 2.45) is 7.05 Å². The molecular weight excluding hydrogens is 578 g/mol. The number of rotatable bonds is 11. The molecule has 5 aromatic rings. The molecule has 0 bridgehead atoms. The van der Waals surface area contributed by atoms with E-state index in [9.17, 15) is 4.79 Å². The van der Waals surface area contributed by atoms with Crippen LogP contribution in [0.5, 0.6) is 5.75 Å². The second-order valence-electron chi connectivity index (χ2n) is 12.0. The van der Waals surface area contributed by atoms with Crippen molar-refractivity contribution in [1.82, 2.24) is 29.2 Å².